The van der Waals surface area contributed by atoms with Crippen LogP contribution in [0.1, 0.15) is 17.5 Å². The first-order valence-corrected chi connectivity index (χ1v) is 6.29. The standard InChI is InChI=1S/C14H20N2O2/c1-10-3-4-13(7-11(10)2)18-9-14(17)16-6-5-12(15)8-16/h3-4,7,12H,5-6,8-9,15H2,1-2H3/t12-/m0/s1. The number of hydrogen-bond donors (Lipinski definition) is 1. The Morgan fingerprint density at radius 2 is 2.22 bits per heavy atom. The first-order chi connectivity index (χ1) is 8.56. The molecular weight excluding hydrogens is 228 g/mol. The number of likely N-dealkylation sites (tertiary alicyclic amines) is 1. The molecule has 2 N–H and O–H groups in total. The Morgan fingerprint density at radius 1 is 1.44 bits per heavy atom. The van der Waals surface area contributed by atoms with Crippen molar-refractivity contribution >= 4 is 5.91 Å². The van der Waals surface area contributed by atoms with E-state index in [0.717, 1.165) is 18.7 Å². The van der Waals surface area contributed by atoms with Crippen molar-refractivity contribution in [3.8, 4) is 5.75 Å². The Morgan fingerprint density at radius 3 is 2.83 bits per heavy atom. The third-order valence-corrected chi connectivity index (χ3v) is 3.42. The number of nitrogens with zero attached hydrogens (tertiary/aromatic N) is 1. The molecule has 1 atom stereocenters. The lowest BCUT2D eigenvalue weighted by Crippen LogP contribution is -2.35. The second kappa shape index (κ2) is 5.40. The fourth-order valence-corrected chi connectivity index (χ4v) is 2.05. The number of carbonyl (C=O) groups excluding carboxylic acids is 1. The van der Waals surface area contributed by atoms with Gasteiger partial charge in [0.05, 0.1) is 0 Å². The summed E-state index contributed by atoms with van der Waals surface area (Å²) in [5.74, 6) is 0.760. The van der Waals surface area contributed by atoms with E-state index < -0.39 is 0 Å². The van der Waals surface area contributed by atoms with Crippen LogP contribution in [0, 0.1) is 13.8 Å². The lowest BCUT2D eigenvalue weighted by atomic mass is 10.1. The molecule has 4 nitrogen and oxygen atoms in total. The minimum atomic E-state index is 0.0150. The molecule has 1 aliphatic rings. The molecule has 1 aliphatic heterocycles. The van der Waals surface area contributed by atoms with Crippen LogP contribution in [0.3, 0.4) is 0 Å². The number of hydrogen-bond acceptors (Lipinski definition) is 3. The van der Waals surface area contributed by atoms with Crippen LogP contribution in [0.5, 0.6) is 5.75 Å². The fraction of sp³-hybridized carbons (Fsp3) is 0.500. The highest BCUT2D eigenvalue weighted by Crippen LogP contribution is 2.16. The predicted octanol–water partition coefficient (Wildman–Crippen LogP) is 1.24. The molecule has 0 radical (unpaired) electrons. The average Bonchev–Trinajstić information content (AvgIpc) is 2.77. The van der Waals surface area contributed by atoms with Gasteiger partial charge in [-0.15, -0.1) is 0 Å². The van der Waals surface area contributed by atoms with Crippen LogP contribution in [-0.4, -0.2) is 36.5 Å². The Hall–Kier alpha value is -1.55. The van der Waals surface area contributed by atoms with Gasteiger partial charge in [0, 0.05) is 19.1 Å². The number of ether oxygens (including phenoxy) is 1. The van der Waals surface area contributed by atoms with E-state index in [0.29, 0.717) is 6.54 Å². The smallest absolute Gasteiger partial charge is 0.260 e. The summed E-state index contributed by atoms with van der Waals surface area (Å²) in [4.78, 5) is 13.6. The van der Waals surface area contributed by atoms with E-state index in [-0.39, 0.29) is 18.6 Å². The maximum atomic E-state index is 11.9. The minimum Gasteiger partial charge on any atom is -0.484 e. The van der Waals surface area contributed by atoms with Crippen LogP contribution in [0.25, 0.3) is 0 Å². The third-order valence-electron chi connectivity index (χ3n) is 3.42. The van der Waals surface area contributed by atoms with E-state index in [1.165, 1.54) is 11.1 Å². The lowest BCUT2D eigenvalue weighted by Gasteiger charge is -2.16. The average molecular weight is 248 g/mol. The number of amides is 1. The molecule has 1 saturated heterocycles. The SMILES string of the molecule is Cc1ccc(OCC(=O)N2CC[C@H](N)C2)cc1C. The first kappa shape index (κ1) is 12.9. The van der Waals surface area contributed by atoms with E-state index >= 15 is 0 Å². The van der Waals surface area contributed by atoms with Gasteiger partial charge < -0.3 is 15.4 Å². The van der Waals surface area contributed by atoms with Crippen molar-refractivity contribution in [3.05, 3.63) is 29.3 Å². The molecule has 18 heavy (non-hydrogen) atoms. The summed E-state index contributed by atoms with van der Waals surface area (Å²) in [5.41, 5.74) is 8.16. The highest BCUT2D eigenvalue weighted by molar-refractivity contribution is 5.78. The molecule has 0 aromatic heterocycles. The van der Waals surface area contributed by atoms with Gasteiger partial charge in [0.1, 0.15) is 5.75 Å². The molecule has 1 amide bonds. The Bertz CT molecular complexity index is 445. The van der Waals surface area contributed by atoms with Crippen molar-refractivity contribution in [2.45, 2.75) is 26.3 Å². The van der Waals surface area contributed by atoms with Crippen molar-refractivity contribution in [1.82, 2.24) is 4.90 Å². The molecule has 2 rings (SSSR count). The van der Waals surface area contributed by atoms with Crippen molar-refractivity contribution in [2.24, 2.45) is 5.73 Å². The summed E-state index contributed by atoms with van der Waals surface area (Å²) in [6.45, 7) is 5.57. The van der Waals surface area contributed by atoms with Gasteiger partial charge in [0.25, 0.3) is 5.91 Å². The zero-order valence-corrected chi connectivity index (χ0v) is 11.0. The molecule has 1 fully saturated rings. The second-order valence-corrected chi connectivity index (χ2v) is 4.92. The van der Waals surface area contributed by atoms with Gasteiger partial charge in [0.2, 0.25) is 0 Å². The van der Waals surface area contributed by atoms with Gasteiger partial charge in [-0.05, 0) is 43.5 Å². The van der Waals surface area contributed by atoms with E-state index in [1.807, 2.05) is 25.1 Å². The highest BCUT2D eigenvalue weighted by atomic mass is 16.5. The quantitative estimate of drug-likeness (QED) is 0.875. The molecule has 1 heterocycles. The normalized spacial score (nSPS) is 19.1. The molecule has 4 heteroatoms. The van der Waals surface area contributed by atoms with Gasteiger partial charge in [-0.25, -0.2) is 0 Å². The number of carbonyl (C=O) groups is 1. The zero-order valence-electron chi connectivity index (χ0n) is 11.0. The van der Waals surface area contributed by atoms with Crippen LogP contribution in [0.2, 0.25) is 0 Å². The van der Waals surface area contributed by atoms with E-state index in [2.05, 4.69) is 6.92 Å². The molecule has 1 aromatic carbocycles. The molecule has 0 bridgehead atoms. The van der Waals surface area contributed by atoms with Crippen molar-refractivity contribution in [3.63, 3.8) is 0 Å². The van der Waals surface area contributed by atoms with Crippen molar-refractivity contribution in [2.75, 3.05) is 19.7 Å². The van der Waals surface area contributed by atoms with E-state index in [1.54, 1.807) is 4.90 Å². The van der Waals surface area contributed by atoms with Gasteiger partial charge >= 0.3 is 0 Å². The molecule has 98 valence electrons. The van der Waals surface area contributed by atoms with Gasteiger partial charge in [-0.3, -0.25) is 4.79 Å². The topological polar surface area (TPSA) is 55.6 Å². The summed E-state index contributed by atoms with van der Waals surface area (Å²) in [6, 6.07) is 5.97. The monoisotopic (exact) mass is 248 g/mol. The van der Waals surface area contributed by atoms with Gasteiger partial charge in [0.15, 0.2) is 6.61 Å². The first-order valence-electron chi connectivity index (χ1n) is 6.29. The fourth-order valence-electron chi connectivity index (χ4n) is 2.05. The second-order valence-electron chi connectivity index (χ2n) is 4.92. The maximum Gasteiger partial charge on any atom is 0.260 e. The summed E-state index contributed by atoms with van der Waals surface area (Å²) in [7, 11) is 0. The van der Waals surface area contributed by atoms with Crippen LogP contribution >= 0.6 is 0 Å². The van der Waals surface area contributed by atoms with E-state index in [4.69, 9.17) is 10.5 Å². The molecule has 0 saturated carbocycles. The molecule has 0 unspecified atom stereocenters. The Labute approximate surface area is 108 Å². The molecule has 0 aliphatic carbocycles. The molecular formula is C14H20N2O2. The van der Waals surface area contributed by atoms with Crippen molar-refractivity contribution in [1.29, 1.82) is 0 Å². The summed E-state index contributed by atoms with van der Waals surface area (Å²) in [6.07, 6.45) is 0.884. The maximum absolute atomic E-state index is 11.9. The summed E-state index contributed by atoms with van der Waals surface area (Å²) in [5, 5.41) is 0. The third kappa shape index (κ3) is 3.01. The Kier molecular flexibility index (Phi) is 3.87. The highest BCUT2D eigenvalue weighted by Gasteiger charge is 2.23. The van der Waals surface area contributed by atoms with Crippen LogP contribution in [0.15, 0.2) is 18.2 Å². The number of nitrogens with two attached hydrogens (primary N) is 1. The summed E-state index contributed by atoms with van der Waals surface area (Å²) < 4.78 is 5.52. The van der Waals surface area contributed by atoms with Crippen LogP contribution in [0.4, 0.5) is 0 Å². The van der Waals surface area contributed by atoms with Gasteiger partial charge in [-0.1, -0.05) is 6.07 Å². The lowest BCUT2D eigenvalue weighted by molar-refractivity contribution is -0.132. The van der Waals surface area contributed by atoms with Gasteiger partial charge in [-0.2, -0.15) is 0 Å². The number of benzene rings is 1. The molecule has 1 aromatic rings. The largest absolute Gasteiger partial charge is 0.484 e. The number of aryl methyl sites for hydroxylation is 2. The predicted molar refractivity (Wildman–Crippen MR) is 70.6 cm³/mol. The van der Waals surface area contributed by atoms with Crippen molar-refractivity contribution < 1.29 is 9.53 Å². The van der Waals surface area contributed by atoms with Crippen LogP contribution < -0.4 is 10.5 Å². The Balaban J connectivity index is 1.87. The minimum absolute atomic E-state index is 0.0150. The number of rotatable bonds is 3. The molecule has 0 spiro atoms. The zero-order chi connectivity index (χ0) is 13.1. The summed E-state index contributed by atoms with van der Waals surface area (Å²) >= 11 is 0. The van der Waals surface area contributed by atoms with E-state index in [9.17, 15) is 4.79 Å². The van der Waals surface area contributed by atoms with Crippen LogP contribution in [-0.2, 0) is 4.79 Å².